The molecule has 3 heteroatoms. The fourth-order valence-corrected chi connectivity index (χ4v) is 3.06. The van der Waals surface area contributed by atoms with Crippen LogP contribution in [0, 0.1) is 13.8 Å². The quantitative estimate of drug-likeness (QED) is 0.910. The third-order valence-electron chi connectivity index (χ3n) is 4.15. The predicted molar refractivity (Wildman–Crippen MR) is 81.9 cm³/mol. The lowest BCUT2D eigenvalue weighted by atomic mass is 9.90. The number of aliphatic hydroxyl groups excluding tert-OH is 1. The molecule has 0 saturated carbocycles. The molecule has 21 heavy (non-hydrogen) atoms. The number of ether oxygens (including phenoxy) is 2. The summed E-state index contributed by atoms with van der Waals surface area (Å²) in [7, 11) is 1.62. The highest BCUT2D eigenvalue weighted by atomic mass is 16.5. The zero-order valence-corrected chi connectivity index (χ0v) is 12.6. The topological polar surface area (TPSA) is 38.7 Å². The smallest absolute Gasteiger partial charge is 0.127 e. The van der Waals surface area contributed by atoms with Gasteiger partial charge in [0.25, 0.3) is 0 Å². The van der Waals surface area contributed by atoms with Crippen LogP contribution in [-0.4, -0.2) is 12.2 Å². The SMILES string of the molecule is COc1ccc2c(c1)C(O)CC(c1c(C)cccc1C)O2. The molecule has 1 aliphatic rings. The number of fused-ring (bicyclic) bond motifs is 1. The summed E-state index contributed by atoms with van der Waals surface area (Å²) in [6.07, 6.45) is -0.0822. The molecule has 0 bridgehead atoms. The van der Waals surface area contributed by atoms with Gasteiger partial charge < -0.3 is 14.6 Å². The highest BCUT2D eigenvalue weighted by molar-refractivity contribution is 5.45. The number of rotatable bonds is 2. The average molecular weight is 284 g/mol. The summed E-state index contributed by atoms with van der Waals surface area (Å²) >= 11 is 0. The molecule has 1 aliphatic heterocycles. The number of aryl methyl sites for hydroxylation is 2. The summed E-state index contributed by atoms with van der Waals surface area (Å²) in [5.41, 5.74) is 4.38. The maximum Gasteiger partial charge on any atom is 0.127 e. The van der Waals surface area contributed by atoms with Gasteiger partial charge in [-0.3, -0.25) is 0 Å². The van der Waals surface area contributed by atoms with E-state index >= 15 is 0 Å². The summed E-state index contributed by atoms with van der Waals surface area (Å²) < 4.78 is 11.3. The monoisotopic (exact) mass is 284 g/mol. The molecule has 3 nitrogen and oxygen atoms in total. The Hall–Kier alpha value is -2.00. The Morgan fingerprint density at radius 1 is 1.14 bits per heavy atom. The van der Waals surface area contributed by atoms with Gasteiger partial charge in [0.1, 0.15) is 17.6 Å². The summed E-state index contributed by atoms with van der Waals surface area (Å²) in [6.45, 7) is 4.17. The van der Waals surface area contributed by atoms with Crippen LogP contribution >= 0.6 is 0 Å². The number of aliphatic hydroxyl groups is 1. The van der Waals surface area contributed by atoms with Crippen molar-refractivity contribution in [2.45, 2.75) is 32.5 Å². The molecule has 2 unspecified atom stereocenters. The molecule has 3 rings (SSSR count). The molecule has 0 aliphatic carbocycles. The third-order valence-corrected chi connectivity index (χ3v) is 4.15. The molecular weight excluding hydrogens is 264 g/mol. The molecule has 0 saturated heterocycles. The van der Waals surface area contributed by atoms with E-state index in [-0.39, 0.29) is 6.10 Å². The summed E-state index contributed by atoms with van der Waals surface area (Å²) in [4.78, 5) is 0. The van der Waals surface area contributed by atoms with Crippen molar-refractivity contribution >= 4 is 0 Å². The van der Waals surface area contributed by atoms with Crippen molar-refractivity contribution in [1.29, 1.82) is 0 Å². The van der Waals surface area contributed by atoms with E-state index in [1.807, 2.05) is 24.3 Å². The second kappa shape index (κ2) is 5.41. The molecule has 2 aromatic rings. The maximum atomic E-state index is 10.5. The molecule has 0 aromatic heterocycles. The van der Waals surface area contributed by atoms with Gasteiger partial charge in [0.05, 0.1) is 13.2 Å². The van der Waals surface area contributed by atoms with Crippen LogP contribution < -0.4 is 9.47 Å². The molecule has 2 atom stereocenters. The number of hydrogen-bond donors (Lipinski definition) is 1. The normalized spacial score (nSPS) is 20.6. The molecule has 0 fully saturated rings. The molecule has 110 valence electrons. The van der Waals surface area contributed by atoms with E-state index in [1.165, 1.54) is 16.7 Å². The molecule has 2 aromatic carbocycles. The summed E-state index contributed by atoms with van der Waals surface area (Å²) in [6, 6.07) is 11.8. The van der Waals surface area contributed by atoms with E-state index in [2.05, 4.69) is 26.0 Å². The first-order chi connectivity index (χ1) is 10.1. The first kappa shape index (κ1) is 14.0. The second-order valence-electron chi connectivity index (χ2n) is 5.57. The van der Waals surface area contributed by atoms with Gasteiger partial charge in [-0.1, -0.05) is 18.2 Å². The van der Waals surface area contributed by atoms with Crippen molar-refractivity contribution in [3.8, 4) is 11.5 Å². The lowest BCUT2D eigenvalue weighted by Crippen LogP contribution is -2.20. The maximum absolute atomic E-state index is 10.5. The van der Waals surface area contributed by atoms with Crippen LogP contribution in [0.1, 0.15) is 40.9 Å². The minimum absolute atomic E-state index is 0.109. The molecule has 1 N–H and O–H groups in total. The fraction of sp³-hybridized carbons (Fsp3) is 0.333. The van der Waals surface area contributed by atoms with Crippen molar-refractivity contribution in [2.24, 2.45) is 0 Å². The van der Waals surface area contributed by atoms with Crippen LogP contribution in [0.15, 0.2) is 36.4 Å². The van der Waals surface area contributed by atoms with Gasteiger partial charge in [-0.05, 0) is 48.7 Å². The van der Waals surface area contributed by atoms with Gasteiger partial charge in [0.15, 0.2) is 0 Å². The molecule has 1 heterocycles. The highest BCUT2D eigenvalue weighted by Gasteiger charge is 2.30. The zero-order valence-electron chi connectivity index (χ0n) is 12.6. The third kappa shape index (κ3) is 2.49. The van der Waals surface area contributed by atoms with Gasteiger partial charge in [-0.25, -0.2) is 0 Å². The van der Waals surface area contributed by atoms with Gasteiger partial charge in [-0.15, -0.1) is 0 Å². The van der Waals surface area contributed by atoms with Gasteiger partial charge in [0, 0.05) is 12.0 Å². The van der Waals surface area contributed by atoms with E-state index in [1.54, 1.807) is 7.11 Å². The van der Waals surface area contributed by atoms with Crippen LogP contribution in [0.3, 0.4) is 0 Å². The molecule has 0 spiro atoms. The van der Waals surface area contributed by atoms with E-state index < -0.39 is 6.10 Å². The standard InChI is InChI=1S/C18H20O3/c1-11-5-4-6-12(2)18(11)17-10-15(19)14-9-13(20-3)7-8-16(14)21-17/h4-9,15,17,19H,10H2,1-3H3. The fourth-order valence-electron chi connectivity index (χ4n) is 3.06. The first-order valence-corrected chi connectivity index (χ1v) is 7.19. The Kier molecular flexibility index (Phi) is 3.60. The summed E-state index contributed by atoms with van der Waals surface area (Å²) in [5.74, 6) is 1.48. The molecule has 0 radical (unpaired) electrons. The minimum Gasteiger partial charge on any atom is -0.497 e. The van der Waals surface area contributed by atoms with Crippen molar-refractivity contribution in [3.63, 3.8) is 0 Å². The van der Waals surface area contributed by atoms with Crippen LogP contribution in [-0.2, 0) is 0 Å². The van der Waals surface area contributed by atoms with E-state index in [0.29, 0.717) is 6.42 Å². The zero-order chi connectivity index (χ0) is 15.0. The second-order valence-corrected chi connectivity index (χ2v) is 5.57. The van der Waals surface area contributed by atoms with Crippen molar-refractivity contribution < 1.29 is 14.6 Å². The van der Waals surface area contributed by atoms with Crippen LogP contribution in [0.4, 0.5) is 0 Å². The van der Waals surface area contributed by atoms with Gasteiger partial charge in [0.2, 0.25) is 0 Å². The number of benzene rings is 2. The van der Waals surface area contributed by atoms with Crippen LogP contribution in [0.25, 0.3) is 0 Å². The lowest BCUT2D eigenvalue weighted by Gasteiger charge is -2.31. The highest BCUT2D eigenvalue weighted by Crippen LogP contribution is 2.43. The van der Waals surface area contributed by atoms with Gasteiger partial charge >= 0.3 is 0 Å². The van der Waals surface area contributed by atoms with Crippen LogP contribution in [0.2, 0.25) is 0 Å². The van der Waals surface area contributed by atoms with Gasteiger partial charge in [-0.2, -0.15) is 0 Å². The van der Waals surface area contributed by atoms with Crippen LogP contribution in [0.5, 0.6) is 11.5 Å². The Bertz CT molecular complexity index is 643. The Labute approximate surface area is 125 Å². The van der Waals surface area contributed by atoms with Crippen molar-refractivity contribution in [3.05, 3.63) is 58.7 Å². The summed E-state index contributed by atoms with van der Waals surface area (Å²) in [5, 5.41) is 10.5. The molecular formula is C18H20O3. The Balaban J connectivity index is 1.99. The van der Waals surface area contributed by atoms with E-state index in [9.17, 15) is 5.11 Å². The lowest BCUT2D eigenvalue weighted by molar-refractivity contribution is 0.0649. The largest absolute Gasteiger partial charge is 0.497 e. The molecule has 0 amide bonds. The minimum atomic E-state index is -0.534. The Morgan fingerprint density at radius 3 is 2.52 bits per heavy atom. The number of methoxy groups -OCH3 is 1. The Morgan fingerprint density at radius 2 is 1.86 bits per heavy atom. The van der Waals surface area contributed by atoms with Crippen molar-refractivity contribution in [2.75, 3.05) is 7.11 Å². The average Bonchev–Trinajstić information content (AvgIpc) is 2.47. The van der Waals surface area contributed by atoms with E-state index in [4.69, 9.17) is 9.47 Å². The predicted octanol–water partition coefficient (Wildman–Crippen LogP) is 3.87. The van der Waals surface area contributed by atoms with Crippen molar-refractivity contribution in [1.82, 2.24) is 0 Å². The first-order valence-electron chi connectivity index (χ1n) is 7.19. The van der Waals surface area contributed by atoms with E-state index in [0.717, 1.165) is 17.1 Å². The number of hydrogen-bond acceptors (Lipinski definition) is 3.